The molecule has 1 heterocycles. The molecule has 4 nitrogen and oxygen atoms in total. The van der Waals surface area contributed by atoms with Crippen molar-refractivity contribution in [3.05, 3.63) is 45.8 Å². The Morgan fingerprint density at radius 3 is 2.82 bits per heavy atom. The number of hydrogen-bond acceptors (Lipinski definition) is 3. The molecule has 0 aliphatic rings. The summed E-state index contributed by atoms with van der Waals surface area (Å²) in [6.07, 6.45) is 0. The Labute approximate surface area is 105 Å². The first kappa shape index (κ1) is 11.8. The molecule has 0 atom stereocenters. The number of halogens is 2. The number of carbonyl (C=O) groups excluding carboxylic acids is 1. The molecule has 0 radical (unpaired) electrons. The predicted octanol–water partition coefficient (Wildman–Crippen LogP) is 3.14. The van der Waals surface area contributed by atoms with E-state index >= 15 is 0 Å². The number of aromatic nitrogens is 1. The van der Waals surface area contributed by atoms with Gasteiger partial charge < -0.3 is 4.52 Å². The fourth-order valence-corrected chi connectivity index (χ4v) is 1.49. The van der Waals surface area contributed by atoms with Crippen molar-refractivity contribution in [2.24, 2.45) is 0 Å². The predicted molar refractivity (Wildman–Crippen MR) is 63.3 cm³/mol. The van der Waals surface area contributed by atoms with Crippen LogP contribution in [0.3, 0.4) is 0 Å². The molecule has 0 spiro atoms. The third-order valence-corrected chi connectivity index (χ3v) is 2.69. The Balaban J connectivity index is 2.17. The van der Waals surface area contributed by atoms with Gasteiger partial charge in [0.2, 0.25) is 5.88 Å². The van der Waals surface area contributed by atoms with E-state index < -0.39 is 11.7 Å². The van der Waals surface area contributed by atoms with E-state index in [0.717, 1.165) is 6.07 Å². The summed E-state index contributed by atoms with van der Waals surface area (Å²) in [6, 6.07) is 5.69. The molecule has 0 fully saturated rings. The summed E-state index contributed by atoms with van der Waals surface area (Å²) in [5, 5.41) is 6.10. The van der Waals surface area contributed by atoms with Crippen LogP contribution in [-0.4, -0.2) is 11.1 Å². The zero-order valence-electron chi connectivity index (χ0n) is 8.83. The van der Waals surface area contributed by atoms with E-state index in [1.165, 1.54) is 12.1 Å². The number of anilines is 1. The summed E-state index contributed by atoms with van der Waals surface area (Å²) in [5.41, 5.74) is 0.863. The second kappa shape index (κ2) is 4.67. The molecule has 0 saturated carbocycles. The highest BCUT2D eigenvalue weighted by Gasteiger charge is 2.11. The minimum absolute atomic E-state index is 0.208. The minimum Gasteiger partial charge on any atom is -0.338 e. The average Bonchev–Trinajstić information content (AvgIpc) is 2.68. The number of carbonyl (C=O) groups is 1. The fourth-order valence-electron chi connectivity index (χ4n) is 1.24. The molecule has 0 aliphatic carbocycles. The van der Waals surface area contributed by atoms with Crippen molar-refractivity contribution in [2.75, 3.05) is 5.32 Å². The van der Waals surface area contributed by atoms with Gasteiger partial charge in [0, 0.05) is 11.6 Å². The molecular formula is C11H8BrFN2O2. The maximum atomic E-state index is 13.2. The van der Waals surface area contributed by atoms with Gasteiger partial charge in [-0.05, 0) is 41.1 Å². The molecule has 88 valence electrons. The van der Waals surface area contributed by atoms with E-state index in [9.17, 15) is 9.18 Å². The van der Waals surface area contributed by atoms with Crippen LogP contribution >= 0.6 is 15.9 Å². The highest BCUT2D eigenvalue weighted by molar-refractivity contribution is 9.10. The van der Waals surface area contributed by atoms with Gasteiger partial charge in [-0.25, -0.2) is 4.39 Å². The Bertz CT molecular complexity index is 568. The topological polar surface area (TPSA) is 55.1 Å². The number of rotatable bonds is 2. The van der Waals surface area contributed by atoms with Crippen molar-refractivity contribution in [3.8, 4) is 0 Å². The van der Waals surface area contributed by atoms with Gasteiger partial charge in [-0.15, -0.1) is 0 Å². The minimum atomic E-state index is -0.494. The van der Waals surface area contributed by atoms with Crippen LogP contribution in [0.25, 0.3) is 0 Å². The lowest BCUT2D eigenvalue weighted by atomic mass is 10.2. The van der Waals surface area contributed by atoms with E-state index in [-0.39, 0.29) is 11.4 Å². The van der Waals surface area contributed by atoms with E-state index in [1.807, 2.05) is 0 Å². The average molecular weight is 299 g/mol. The molecule has 1 N–H and O–H groups in total. The molecule has 0 unspecified atom stereocenters. The summed E-state index contributed by atoms with van der Waals surface area (Å²) in [6.45, 7) is 1.73. The number of benzene rings is 1. The van der Waals surface area contributed by atoms with Crippen molar-refractivity contribution in [1.29, 1.82) is 0 Å². The third kappa shape index (κ3) is 2.71. The van der Waals surface area contributed by atoms with Crippen LogP contribution in [0.5, 0.6) is 0 Å². The smallest absolute Gasteiger partial charge is 0.258 e. The van der Waals surface area contributed by atoms with E-state index in [1.54, 1.807) is 13.0 Å². The largest absolute Gasteiger partial charge is 0.338 e. The maximum absolute atomic E-state index is 13.2. The second-order valence-electron chi connectivity index (χ2n) is 3.42. The molecular weight excluding hydrogens is 291 g/mol. The first-order chi connectivity index (χ1) is 8.06. The van der Waals surface area contributed by atoms with Crippen LogP contribution in [-0.2, 0) is 0 Å². The lowest BCUT2D eigenvalue weighted by molar-refractivity contribution is 0.102. The van der Waals surface area contributed by atoms with Crippen LogP contribution in [0.1, 0.15) is 16.1 Å². The maximum Gasteiger partial charge on any atom is 0.258 e. The SMILES string of the molecule is Cc1cc(NC(=O)c2ccc(Br)c(F)c2)on1. The summed E-state index contributed by atoms with van der Waals surface area (Å²) >= 11 is 3.01. The van der Waals surface area contributed by atoms with Crippen LogP contribution < -0.4 is 5.32 Å². The Kier molecular flexibility index (Phi) is 3.23. The highest BCUT2D eigenvalue weighted by atomic mass is 79.9. The second-order valence-corrected chi connectivity index (χ2v) is 4.27. The molecule has 2 rings (SSSR count). The third-order valence-electron chi connectivity index (χ3n) is 2.05. The zero-order valence-corrected chi connectivity index (χ0v) is 10.4. The van der Waals surface area contributed by atoms with Gasteiger partial charge >= 0.3 is 0 Å². The lowest BCUT2D eigenvalue weighted by Crippen LogP contribution is -2.11. The van der Waals surface area contributed by atoms with Gasteiger partial charge in [-0.1, -0.05) is 5.16 Å². The molecule has 6 heteroatoms. The van der Waals surface area contributed by atoms with Gasteiger partial charge in [-0.2, -0.15) is 0 Å². The van der Waals surface area contributed by atoms with Gasteiger partial charge in [0.1, 0.15) is 5.82 Å². The molecule has 0 saturated heterocycles. The van der Waals surface area contributed by atoms with Crippen LogP contribution in [0.2, 0.25) is 0 Å². The molecule has 1 amide bonds. The number of aryl methyl sites for hydroxylation is 1. The van der Waals surface area contributed by atoms with Gasteiger partial charge in [0.15, 0.2) is 0 Å². The summed E-state index contributed by atoms with van der Waals surface area (Å²) < 4.78 is 18.4. The first-order valence-electron chi connectivity index (χ1n) is 4.76. The normalized spacial score (nSPS) is 10.3. The van der Waals surface area contributed by atoms with Crippen molar-refractivity contribution in [3.63, 3.8) is 0 Å². The Morgan fingerprint density at radius 2 is 2.24 bits per heavy atom. The molecule has 17 heavy (non-hydrogen) atoms. The Hall–Kier alpha value is -1.69. The molecule has 1 aromatic heterocycles. The standard InChI is InChI=1S/C11H8BrFN2O2/c1-6-4-10(17-15-6)14-11(16)7-2-3-8(12)9(13)5-7/h2-5H,1H3,(H,14,16). The van der Waals surface area contributed by atoms with Crippen LogP contribution in [0.4, 0.5) is 10.3 Å². The monoisotopic (exact) mass is 298 g/mol. The first-order valence-corrected chi connectivity index (χ1v) is 5.55. The summed E-state index contributed by atoms with van der Waals surface area (Å²) in [5.74, 6) is -0.713. The number of nitrogens with zero attached hydrogens (tertiary/aromatic N) is 1. The van der Waals surface area contributed by atoms with E-state index in [0.29, 0.717) is 10.2 Å². The molecule has 0 aliphatic heterocycles. The molecule has 0 bridgehead atoms. The summed E-state index contributed by atoms with van der Waals surface area (Å²) in [4.78, 5) is 11.7. The van der Waals surface area contributed by atoms with Gasteiger partial charge in [-0.3, -0.25) is 10.1 Å². The van der Waals surface area contributed by atoms with Crippen molar-refractivity contribution >= 4 is 27.7 Å². The van der Waals surface area contributed by atoms with Crippen molar-refractivity contribution in [2.45, 2.75) is 6.92 Å². The number of nitrogens with one attached hydrogen (secondary N) is 1. The van der Waals surface area contributed by atoms with Gasteiger partial charge in [0.25, 0.3) is 5.91 Å². The number of amides is 1. The molecule has 1 aromatic carbocycles. The summed E-state index contributed by atoms with van der Waals surface area (Å²) in [7, 11) is 0. The molecule has 2 aromatic rings. The Morgan fingerprint density at radius 1 is 1.47 bits per heavy atom. The zero-order chi connectivity index (χ0) is 12.4. The fraction of sp³-hybridized carbons (Fsp3) is 0.0909. The van der Waals surface area contributed by atoms with E-state index in [4.69, 9.17) is 4.52 Å². The number of hydrogen-bond donors (Lipinski definition) is 1. The lowest BCUT2D eigenvalue weighted by Gasteiger charge is -2.02. The van der Waals surface area contributed by atoms with Crippen LogP contribution in [0.15, 0.2) is 33.3 Å². The van der Waals surface area contributed by atoms with Crippen molar-refractivity contribution in [1.82, 2.24) is 5.16 Å². The van der Waals surface area contributed by atoms with Gasteiger partial charge in [0.05, 0.1) is 10.2 Å². The quantitative estimate of drug-likeness (QED) is 0.927. The van der Waals surface area contributed by atoms with Crippen LogP contribution in [0, 0.1) is 12.7 Å². The highest BCUT2D eigenvalue weighted by Crippen LogP contribution is 2.17. The van der Waals surface area contributed by atoms with E-state index in [2.05, 4.69) is 26.4 Å². The van der Waals surface area contributed by atoms with Crippen molar-refractivity contribution < 1.29 is 13.7 Å².